The number of hydrogen-bond acceptors (Lipinski definition) is 1. The topological polar surface area (TPSA) is 0 Å². The molecule has 0 bridgehead atoms. The Morgan fingerprint density at radius 1 is 1.36 bits per heavy atom. The molecule has 0 fully saturated rings. The Labute approximate surface area is 95.9 Å². The van der Waals surface area contributed by atoms with E-state index in [0.717, 1.165) is 0 Å². The van der Waals surface area contributed by atoms with Crippen LogP contribution >= 0.6 is 33.9 Å². The van der Waals surface area contributed by atoms with Gasteiger partial charge in [0.1, 0.15) is 0 Å². The van der Waals surface area contributed by atoms with Gasteiger partial charge in [0.15, 0.2) is 5.82 Å². The first-order chi connectivity index (χ1) is 6.61. The summed E-state index contributed by atoms with van der Waals surface area (Å²) in [7, 11) is 0. The summed E-state index contributed by atoms with van der Waals surface area (Å²) >= 11 is 2.84. The van der Waals surface area contributed by atoms with E-state index in [4.69, 9.17) is 0 Å². The molecule has 1 aromatic heterocycles. The van der Waals surface area contributed by atoms with Gasteiger partial charge in [-0.05, 0) is 45.5 Å². The maximum absolute atomic E-state index is 13.5. The first-order valence-corrected chi connectivity index (χ1v) is 5.70. The number of hydrogen-bond donors (Lipinski definition) is 0. The van der Waals surface area contributed by atoms with Gasteiger partial charge in [-0.1, -0.05) is 0 Å². The highest BCUT2D eigenvalue weighted by molar-refractivity contribution is 14.1. The Bertz CT molecular complexity index is 478. The first-order valence-electron chi connectivity index (χ1n) is 3.74. The predicted molar refractivity (Wildman–Crippen MR) is 59.5 cm³/mol. The lowest BCUT2D eigenvalue weighted by Gasteiger charge is -2.04. The fourth-order valence-electron chi connectivity index (χ4n) is 1.23. The molecule has 0 atom stereocenters. The van der Waals surface area contributed by atoms with E-state index in [2.05, 4.69) is 0 Å². The van der Waals surface area contributed by atoms with Crippen LogP contribution in [0.1, 0.15) is 12.0 Å². The van der Waals surface area contributed by atoms with Crippen molar-refractivity contribution >= 4 is 44.0 Å². The summed E-state index contributed by atoms with van der Waals surface area (Å²) in [5, 5.41) is 2.24. The molecule has 0 radical (unpaired) electrons. The maximum atomic E-state index is 13.5. The fourth-order valence-corrected chi connectivity index (χ4v) is 2.89. The van der Waals surface area contributed by atoms with Crippen molar-refractivity contribution in [3.8, 4) is 0 Å². The van der Waals surface area contributed by atoms with Crippen LogP contribution in [0.15, 0.2) is 17.5 Å². The van der Waals surface area contributed by atoms with Crippen LogP contribution in [-0.4, -0.2) is 0 Å². The van der Waals surface area contributed by atoms with Crippen LogP contribution in [0.25, 0.3) is 10.1 Å². The van der Waals surface area contributed by atoms with Gasteiger partial charge in [-0.15, -0.1) is 11.3 Å². The summed E-state index contributed by atoms with van der Waals surface area (Å²) in [5.74, 6) is -0.534. The SMILES string of the molecule is Fc1c(I)c(C(F)F)cc2ccsc12. The fraction of sp³-hybridized carbons (Fsp3) is 0.111. The number of alkyl halides is 2. The van der Waals surface area contributed by atoms with Crippen LogP contribution < -0.4 is 0 Å². The molecular weight excluding hydrogens is 324 g/mol. The van der Waals surface area contributed by atoms with Crippen molar-refractivity contribution in [1.82, 2.24) is 0 Å². The Balaban J connectivity index is 2.80. The lowest BCUT2D eigenvalue weighted by atomic mass is 10.1. The molecule has 74 valence electrons. The molecule has 0 unspecified atom stereocenters. The van der Waals surface area contributed by atoms with Crippen molar-refractivity contribution < 1.29 is 13.2 Å². The predicted octanol–water partition coefficient (Wildman–Crippen LogP) is 4.58. The summed E-state index contributed by atoms with van der Waals surface area (Å²) < 4.78 is 38.9. The summed E-state index contributed by atoms with van der Waals surface area (Å²) in [4.78, 5) is 0. The van der Waals surface area contributed by atoms with Gasteiger partial charge in [-0.2, -0.15) is 0 Å². The molecule has 2 aromatic rings. The molecule has 0 N–H and O–H groups in total. The Morgan fingerprint density at radius 3 is 2.71 bits per heavy atom. The van der Waals surface area contributed by atoms with E-state index >= 15 is 0 Å². The molecule has 0 aliphatic heterocycles. The average molecular weight is 328 g/mol. The highest BCUT2D eigenvalue weighted by Gasteiger charge is 2.18. The first kappa shape index (κ1) is 10.2. The summed E-state index contributed by atoms with van der Waals surface area (Å²) in [6.45, 7) is 0. The number of benzene rings is 1. The molecule has 0 saturated heterocycles. The van der Waals surface area contributed by atoms with Gasteiger partial charge in [0.05, 0.1) is 8.27 Å². The standard InChI is InChI=1S/C9H4F3IS/c10-6-7(13)5(9(11)12)3-4-1-2-14-8(4)6/h1-3,9H. The summed E-state index contributed by atoms with van der Waals surface area (Å²) in [6, 6.07) is 2.99. The van der Waals surface area contributed by atoms with E-state index in [-0.39, 0.29) is 9.13 Å². The number of fused-ring (bicyclic) bond motifs is 1. The van der Waals surface area contributed by atoms with Crippen LogP contribution in [0.2, 0.25) is 0 Å². The monoisotopic (exact) mass is 328 g/mol. The van der Waals surface area contributed by atoms with Gasteiger partial charge in [0.25, 0.3) is 6.43 Å². The molecule has 0 aliphatic rings. The van der Waals surface area contributed by atoms with Gasteiger partial charge in [0.2, 0.25) is 0 Å². The van der Waals surface area contributed by atoms with Crippen molar-refractivity contribution in [3.63, 3.8) is 0 Å². The van der Waals surface area contributed by atoms with Gasteiger partial charge < -0.3 is 0 Å². The lowest BCUT2D eigenvalue weighted by Crippen LogP contribution is -1.93. The smallest absolute Gasteiger partial charge is 0.205 e. The minimum absolute atomic E-state index is 0.0209. The second kappa shape index (κ2) is 3.69. The molecule has 0 aliphatic carbocycles. The third kappa shape index (κ3) is 1.52. The third-order valence-corrected chi connectivity index (χ3v) is 3.91. The van der Waals surface area contributed by atoms with Gasteiger partial charge in [-0.3, -0.25) is 0 Å². The zero-order valence-electron chi connectivity index (χ0n) is 6.73. The van der Waals surface area contributed by atoms with Crippen LogP contribution in [-0.2, 0) is 0 Å². The minimum Gasteiger partial charge on any atom is -0.205 e. The highest BCUT2D eigenvalue weighted by atomic mass is 127. The number of halogens is 4. The van der Waals surface area contributed by atoms with Crippen molar-refractivity contribution in [1.29, 1.82) is 0 Å². The minimum atomic E-state index is -2.62. The van der Waals surface area contributed by atoms with Gasteiger partial charge in [-0.25, -0.2) is 13.2 Å². The van der Waals surface area contributed by atoms with E-state index in [9.17, 15) is 13.2 Å². The Kier molecular flexibility index (Phi) is 2.70. The van der Waals surface area contributed by atoms with E-state index in [1.54, 1.807) is 34.0 Å². The second-order valence-corrected chi connectivity index (χ2v) is 4.73. The Hall–Kier alpha value is -0.300. The van der Waals surface area contributed by atoms with Crippen LogP contribution in [0.4, 0.5) is 13.2 Å². The third-order valence-electron chi connectivity index (χ3n) is 1.89. The van der Waals surface area contributed by atoms with Gasteiger partial charge >= 0.3 is 0 Å². The summed E-state index contributed by atoms with van der Waals surface area (Å²) in [5.41, 5.74) is -0.228. The molecular formula is C9H4F3IS. The highest BCUT2D eigenvalue weighted by Crippen LogP contribution is 2.34. The van der Waals surface area contributed by atoms with Crippen LogP contribution in [0, 0.1) is 9.39 Å². The number of rotatable bonds is 1. The molecule has 14 heavy (non-hydrogen) atoms. The molecule has 5 heteroatoms. The van der Waals surface area contributed by atoms with E-state index in [0.29, 0.717) is 10.1 Å². The van der Waals surface area contributed by atoms with Crippen molar-refractivity contribution in [3.05, 3.63) is 32.5 Å². The van der Waals surface area contributed by atoms with E-state index in [1.807, 2.05) is 0 Å². The Morgan fingerprint density at radius 2 is 2.07 bits per heavy atom. The van der Waals surface area contributed by atoms with Crippen LogP contribution in [0.5, 0.6) is 0 Å². The normalized spacial score (nSPS) is 11.5. The maximum Gasteiger partial charge on any atom is 0.264 e. The molecule has 1 heterocycles. The molecule has 1 aromatic carbocycles. The number of thiophene rings is 1. The van der Waals surface area contributed by atoms with Crippen LogP contribution in [0.3, 0.4) is 0 Å². The molecule has 0 amide bonds. The zero-order chi connectivity index (χ0) is 10.3. The second-order valence-electron chi connectivity index (χ2n) is 2.73. The molecule has 0 nitrogen and oxygen atoms in total. The molecule has 2 rings (SSSR count). The van der Waals surface area contributed by atoms with Gasteiger partial charge in [0, 0.05) is 5.56 Å². The van der Waals surface area contributed by atoms with Crippen molar-refractivity contribution in [2.24, 2.45) is 0 Å². The zero-order valence-corrected chi connectivity index (χ0v) is 9.70. The van der Waals surface area contributed by atoms with Crippen molar-refractivity contribution in [2.75, 3.05) is 0 Å². The summed E-state index contributed by atoms with van der Waals surface area (Å²) in [6.07, 6.45) is -2.62. The average Bonchev–Trinajstić information content (AvgIpc) is 2.58. The van der Waals surface area contributed by atoms with E-state index in [1.165, 1.54) is 17.4 Å². The van der Waals surface area contributed by atoms with Crippen molar-refractivity contribution in [2.45, 2.75) is 6.43 Å². The molecule has 0 saturated carbocycles. The van der Waals surface area contributed by atoms with E-state index < -0.39 is 12.2 Å². The largest absolute Gasteiger partial charge is 0.264 e. The lowest BCUT2D eigenvalue weighted by molar-refractivity contribution is 0.150. The molecule has 0 spiro atoms. The quantitative estimate of drug-likeness (QED) is 0.672.